The number of benzene rings is 1. The van der Waals surface area contributed by atoms with Gasteiger partial charge >= 0.3 is 5.97 Å². The Bertz CT molecular complexity index is 882. The molecule has 120 valence electrons. The Balaban J connectivity index is 1.91. The molecule has 8 heteroatoms. The lowest BCUT2D eigenvalue weighted by Gasteiger charge is -2.27. The van der Waals surface area contributed by atoms with Gasteiger partial charge in [0.25, 0.3) is 5.88 Å². The predicted octanol–water partition coefficient (Wildman–Crippen LogP) is 2.75. The fraction of sp³-hybridized carbons (Fsp3) is 0.125. The molecule has 24 heavy (non-hydrogen) atoms. The quantitative estimate of drug-likeness (QED) is 0.883. The number of rotatable bonds is 4. The first kappa shape index (κ1) is 15.8. The van der Waals surface area contributed by atoms with Crippen molar-refractivity contribution in [3.8, 4) is 11.9 Å². The van der Waals surface area contributed by atoms with Crippen LogP contribution in [0.4, 0.5) is 0 Å². The van der Waals surface area contributed by atoms with Crippen molar-refractivity contribution in [2.75, 3.05) is 0 Å². The first-order valence-electron chi connectivity index (χ1n) is 6.92. The molecule has 1 aromatic heterocycles. The fourth-order valence-electron chi connectivity index (χ4n) is 2.33. The number of carbonyl (C=O) groups is 1. The molecule has 7 nitrogen and oxygen atoms in total. The number of aromatic carboxylic acids is 1. The molecule has 1 atom stereocenters. The van der Waals surface area contributed by atoms with Gasteiger partial charge in [0, 0.05) is 11.5 Å². The van der Waals surface area contributed by atoms with Gasteiger partial charge in [0.2, 0.25) is 11.3 Å². The summed E-state index contributed by atoms with van der Waals surface area (Å²) in [6.07, 6.45) is 3.30. The van der Waals surface area contributed by atoms with Crippen molar-refractivity contribution >= 4 is 23.1 Å². The van der Waals surface area contributed by atoms with Crippen LogP contribution in [0.1, 0.15) is 22.5 Å². The van der Waals surface area contributed by atoms with Crippen molar-refractivity contribution in [2.24, 2.45) is 0 Å². The lowest BCUT2D eigenvalue weighted by atomic mass is 9.90. The van der Waals surface area contributed by atoms with E-state index in [1.807, 2.05) is 36.4 Å². The van der Waals surface area contributed by atoms with Crippen molar-refractivity contribution in [1.82, 2.24) is 15.4 Å². The Morgan fingerprint density at radius 2 is 2.17 bits per heavy atom. The molecular weight excluding hydrogens is 332 g/mol. The minimum atomic E-state index is -1.45. The first-order valence-corrected chi connectivity index (χ1v) is 7.30. The second-order valence-corrected chi connectivity index (χ2v) is 5.55. The van der Waals surface area contributed by atoms with E-state index in [0.29, 0.717) is 5.03 Å². The monoisotopic (exact) mass is 342 g/mol. The van der Waals surface area contributed by atoms with Crippen LogP contribution in [-0.2, 0) is 0 Å². The summed E-state index contributed by atoms with van der Waals surface area (Å²) in [6, 6.07) is 11.5. The maximum Gasteiger partial charge on any atom is 0.359 e. The van der Waals surface area contributed by atoms with E-state index in [1.54, 1.807) is 12.2 Å². The minimum absolute atomic E-state index is 0.0672. The Labute approximate surface area is 141 Å². The van der Waals surface area contributed by atoms with E-state index >= 15 is 0 Å². The van der Waals surface area contributed by atoms with Gasteiger partial charge in [0.05, 0.1) is 0 Å². The molecule has 1 aliphatic rings. The largest absolute Gasteiger partial charge is 0.476 e. The number of halogens is 1. The molecule has 0 radical (unpaired) electrons. The summed E-state index contributed by atoms with van der Waals surface area (Å²) < 4.78 is 5.53. The third kappa shape index (κ3) is 2.87. The van der Waals surface area contributed by atoms with Crippen LogP contribution >= 0.6 is 11.6 Å². The number of nitrogens with zero attached hydrogens (tertiary/aromatic N) is 3. The second kappa shape index (κ2) is 6.18. The molecule has 0 fully saturated rings. The summed E-state index contributed by atoms with van der Waals surface area (Å²) >= 11 is 6.36. The maximum absolute atomic E-state index is 11.1. The number of nitriles is 1. The fourth-order valence-corrected chi connectivity index (χ4v) is 2.71. The average Bonchev–Trinajstić information content (AvgIpc) is 3.04. The molecule has 2 N–H and O–H groups in total. The third-order valence-electron chi connectivity index (χ3n) is 3.51. The van der Waals surface area contributed by atoms with Gasteiger partial charge in [0.1, 0.15) is 6.07 Å². The number of H-pyrrole nitrogens is 1. The summed E-state index contributed by atoms with van der Waals surface area (Å²) in [4.78, 5) is 11.1. The number of hydrogen-bond acceptors (Lipinski definition) is 5. The third-order valence-corrected chi connectivity index (χ3v) is 3.85. The standard InChI is InChI=1S/C16H11ClN4O3/c17-12-8-16(9-18,24-14-13(15(22)23)19-21-20-14)7-6-11(12)10-4-2-1-3-5-10/h1-7H,8H2,(H,22,23)(H,19,20,21). The van der Waals surface area contributed by atoms with E-state index in [-0.39, 0.29) is 18.0 Å². The number of nitrogens with one attached hydrogen (secondary N) is 1. The molecule has 2 aromatic rings. The Kier molecular flexibility index (Phi) is 4.06. The lowest BCUT2D eigenvalue weighted by Crippen LogP contribution is -2.34. The van der Waals surface area contributed by atoms with Crippen molar-refractivity contribution in [3.63, 3.8) is 0 Å². The van der Waals surface area contributed by atoms with E-state index in [2.05, 4.69) is 15.4 Å². The molecule has 0 saturated heterocycles. The molecule has 3 rings (SSSR count). The van der Waals surface area contributed by atoms with Crippen molar-refractivity contribution in [2.45, 2.75) is 12.0 Å². The summed E-state index contributed by atoms with van der Waals surface area (Å²) in [5.41, 5.74) is -0.0773. The predicted molar refractivity (Wildman–Crippen MR) is 85.3 cm³/mol. The van der Waals surface area contributed by atoms with Crippen LogP contribution < -0.4 is 4.74 Å². The van der Waals surface area contributed by atoms with Crippen LogP contribution in [0, 0.1) is 11.3 Å². The number of carboxylic acid groups (broad SMARTS) is 1. The zero-order chi connectivity index (χ0) is 17.2. The average molecular weight is 343 g/mol. The smallest absolute Gasteiger partial charge is 0.359 e. The molecule has 0 amide bonds. The highest BCUT2D eigenvalue weighted by Crippen LogP contribution is 2.37. The van der Waals surface area contributed by atoms with E-state index in [4.69, 9.17) is 21.4 Å². The zero-order valence-corrected chi connectivity index (χ0v) is 13.0. The van der Waals surface area contributed by atoms with Crippen LogP contribution in [0.15, 0.2) is 47.5 Å². The molecule has 0 saturated carbocycles. The zero-order valence-electron chi connectivity index (χ0n) is 12.2. The summed E-state index contributed by atoms with van der Waals surface area (Å²) in [5.74, 6) is -1.55. The minimum Gasteiger partial charge on any atom is -0.476 e. The van der Waals surface area contributed by atoms with Gasteiger partial charge < -0.3 is 9.84 Å². The summed E-state index contributed by atoms with van der Waals surface area (Å²) in [5, 5.41) is 28.2. The molecule has 0 bridgehead atoms. The van der Waals surface area contributed by atoms with Crippen LogP contribution in [0.2, 0.25) is 0 Å². The van der Waals surface area contributed by atoms with Gasteiger partial charge in [-0.2, -0.15) is 5.26 Å². The first-order chi connectivity index (χ1) is 11.5. The number of hydrogen-bond donors (Lipinski definition) is 2. The van der Waals surface area contributed by atoms with Crippen LogP contribution in [0.5, 0.6) is 5.88 Å². The van der Waals surface area contributed by atoms with E-state index < -0.39 is 11.6 Å². The van der Waals surface area contributed by atoms with Gasteiger partial charge in [0.15, 0.2) is 0 Å². The highest BCUT2D eigenvalue weighted by atomic mass is 35.5. The highest BCUT2D eigenvalue weighted by molar-refractivity contribution is 6.33. The lowest BCUT2D eigenvalue weighted by molar-refractivity contribution is 0.0680. The Hall–Kier alpha value is -3.11. The van der Waals surface area contributed by atoms with Crippen molar-refractivity contribution in [3.05, 3.63) is 58.8 Å². The van der Waals surface area contributed by atoms with E-state index in [1.165, 1.54) is 0 Å². The number of ether oxygens (including phenoxy) is 1. The molecular formula is C16H11ClN4O3. The topological polar surface area (TPSA) is 112 Å². The maximum atomic E-state index is 11.1. The number of carboxylic acids is 1. The van der Waals surface area contributed by atoms with Gasteiger partial charge in [-0.25, -0.2) is 9.89 Å². The number of aromatic amines is 1. The summed E-state index contributed by atoms with van der Waals surface area (Å²) in [7, 11) is 0. The molecule has 1 aliphatic carbocycles. The Morgan fingerprint density at radius 3 is 2.79 bits per heavy atom. The van der Waals surface area contributed by atoms with E-state index in [9.17, 15) is 10.1 Å². The van der Waals surface area contributed by atoms with Gasteiger partial charge in [-0.1, -0.05) is 58.3 Å². The van der Waals surface area contributed by atoms with Crippen LogP contribution in [0.25, 0.3) is 5.57 Å². The second-order valence-electron chi connectivity index (χ2n) is 5.10. The molecule has 1 heterocycles. The molecule has 0 aliphatic heterocycles. The van der Waals surface area contributed by atoms with Gasteiger partial charge in [-0.05, 0) is 17.2 Å². The molecule has 1 unspecified atom stereocenters. The highest BCUT2D eigenvalue weighted by Gasteiger charge is 2.36. The SMILES string of the molecule is N#CC1(Oc2nn[nH]c2C(=O)O)C=CC(c2ccccc2)=C(Cl)C1. The molecule has 0 spiro atoms. The van der Waals surface area contributed by atoms with Gasteiger partial charge in [-0.15, -0.1) is 0 Å². The van der Waals surface area contributed by atoms with Gasteiger partial charge in [-0.3, -0.25) is 0 Å². The van der Waals surface area contributed by atoms with Crippen molar-refractivity contribution in [1.29, 1.82) is 5.26 Å². The Morgan fingerprint density at radius 1 is 1.42 bits per heavy atom. The van der Waals surface area contributed by atoms with E-state index in [0.717, 1.165) is 11.1 Å². The van der Waals surface area contributed by atoms with Crippen LogP contribution in [0.3, 0.4) is 0 Å². The number of aromatic nitrogens is 3. The normalized spacial score (nSPS) is 19.8. The van der Waals surface area contributed by atoms with Crippen molar-refractivity contribution < 1.29 is 14.6 Å². The summed E-state index contributed by atoms with van der Waals surface area (Å²) in [6.45, 7) is 0. The molecule has 1 aromatic carbocycles. The number of allylic oxidation sites excluding steroid dienone is 2. The van der Waals surface area contributed by atoms with Crippen LogP contribution in [-0.4, -0.2) is 32.1 Å².